The summed E-state index contributed by atoms with van der Waals surface area (Å²) in [6.45, 7) is 4.20. The second kappa shape index (κ2) is 9.77. The van der Waals surface area contributed by atoms with Crippen LogP contribution in [0.15, 0.2) is 28.7 Å². The highest BCUT2D eigenvalue weighted by atomic mass is 79.9. The zero-order valence-electron chi connectivity index (χ0n) is 15.7. The highest BCUT2D eigenvalue weighted by Gasteiger charge is 2.24. The fourth-order valence-electron chi connectivity index (χ4n) is 3.67. The third-order valence-corrected chi connectivity index (χ3v) is 6.70. The summed E-state index contributed by atoms with van der Waals surface area (Å²) in [5.41, 5.74) is 0.987. The number of benzene rings is 1. The Bertz CT molecular complexity index is 813. The Balaban J connectivity index is 1.44. The van der Waals surface area contributed by atoms with Gasteiger partial charge in [-0.3, -0.25) is 4.90 Å². The minimum absolute atomic E-state index is 0.300. The Kier molecular flexibility index (Phi) is 7.13. The van der Waals surface area contributed by atoms with Gasteiger partial charge in [0.05, 0.1) is 18.9 Å². The number of nitrogens with zero attached hydrogens (tertiary/aromatic N) is 3. The molecule has 0 unspecified atom stereocenters. The first kappa shape index (κ1) is 20.4. The molecule has 1 aromatic carbocycles. The van der Waals surface area contributed by atoms with E-state index in [9.17, 15) is 0 Å². The lowest BCUT2D eigenvalue weighted by molar-refractivity contribution is 0.0237. The lowest BCUT2D eigenvalue weighted by atomic mass is 10.2. The van der Waals surface area contributed by atoms with E-state index >= 15 is 0 Å². The molecule has 2 fully saturated rings. The number of rotatable bonds is 8. The Morgan fingerprint density at radius 2 is 1.93 bits per heavy atom. The molecule has 0 aliphatic carbocycles. The van der Waals surface area contributed by atoms with Gasteiger partial charge >= 0.3 is 0 Å². The lowest BCUT2D eigenvalue weighted by Crippen LogP contribution is -2.39. The lowest BCUT2D eigenvalue weighted by Gasteiger charge is -2.27. The maximum absolute atomic E-state index is 5.86. The van der Waals surface area contributed by atoms with Crippen molar-refractivity contribution in [2.45, 2.75) is 44.6 Å². The fraction of sp³-hybridized carbons (Fsp3) is 0.579. The first-order valence-corrected chi connectivity index (χ1v) is 11.7. The Labute approximate surface area is 183 Å². The first-order valence-electron chi connectivity index (χ1n) is 9.72. The van der Waals surface area contributed by atoms with Crippen molar-refractivity contribution in [3.63, 3.8) is 0 Å². The Morgan fingerprint density at radius 3 is 2.54 bits per heavy atom. The predicted octanol–water partition coefficient (Wildman–Crippen LogP) is 4.80. The van der Waals surface area contributed by atoms with E-state index in [1.54, 1.807) is 0 Å². The van der Waals surface area contributed by atoms with Crippen LogP contribution in [-0.4, -0.2) is 53.2 Å². The van der Waals surface area contributed by atoms with E-state index in [0.717, 1.165) is 71.2 Å². The molecule has 152 valence electrons. The van der Waals surface area contributed by atoms with Crippen molar-refractivity contribution in [1.82, 2.24) is 14.7 Å². The van der Waals surface area contributed by atoms with E-state index in [-0.39, 0.29) is 0 Å². The van der Waals surface area contributed by atoms with Gasteiger partial charge in [-0.15, -0.1) is 5.10 Å². The van der Waals surface area contributed by atoms with Crippen LogP contribution in [0.4, 0.5) is 10.8 Å². The molecule has 4 rings (SSSR count). The average Bonchev–Trinajstić information content (AvgIpc) is 3.40. The number of ether oxygens (including phenoxy) is 2. The van der Waals surface area contributed by atoms with Gasteiger partial charge in [0.25, 0.3) is 0 Å². The van der Waals surface area contributed by atoms with Crippen molar-refractivity contribution >= 4 is 50.3 Å². The van der Waals surface area contributed by atoms with Crippen LogP contribution in [-0.2, 0) is 16.1 Å². The third-order valence-electron chi connectivity index (χ3n) is 4.99. The Hall–Kier alpha value is -0.840. The quantitative estimate of drug-likeness (QED) is 0.543. The topological polar surface area (TPSA) is 51.6 Å². The molecular formula is C19H25BrN4O2S2. The fourth-order valence-corrected chi connectivity index (χ4v) is 5.08. The highest BCUT2D eigenvalue weighted by Crippen LogP contribution is 2.24. The van der Waals surface area contributed by atoms with Crippen LogP contribution in [0.5, 0.6) is 0 Å². The Morgan fingerprint density at radius 1 is 1.21 bits per heavy atom. The molecule has 0 spiro atoms. The van der Waals surface area contributed by atoms with Crippen molar-refractivity contribution in [1.29, 1.82) is 0 Å². The minimum Gasteiger partial charge on any atom is -0.377 e. The summed E-state index contributed by atoms with van der Waals surface area (Å²) in [5.74, 6) is 0. The monoisotopic (exact) mass is 484 g/mol. The number of halogens is 1. The minimum atomic E-state index is 0.300. The summed E-state index contributed by atoms with van der Waals surface area (Å²) < 4.78 is 15.4. The molecule has 1 aromatic heterocycles. The van der Waals surface area contributed by atoms with E-state index in [1.807, 2.05) is 28.9 Å². The van der Waals surface area contributed by atoms with Gasteiger partial charge in [0.2, 0.25) is 5.13 Å². The molecule has 2 aromatic rings. The molecule has 3 heterocycles. The van der Waals surface area contributed by atoms with Gasteiger partial charge in [-0.2, -0.15) is 0 Å². The number of anilines is 2. The number of nitrogens with one attached hydrogen (secondary N) is 1. The summed E-state index contributed by atoms with van der Waals surface area (Å²) >= 11 is 10.6. The zero-order chi connectivity index (χ0) is 19.3. The van der Waals surface area contributed by atoms with Gasteiger partial charge < -0.3 is 14.8 Å². The summed E-state index contributed by atoms with van der Waals surface area (Å²) in [5, 5.41) is 8.86. The molecule has 2 aliphatic rings. The molecule has 0 saturated carbocycles. The largest absolute Gasteiger partial charge is 0.377 e. The van der Waals surface area contributed by atoms with Gasteiger partial charge in [0.15, 0.2) is 3.95 Å². The van der Waals surface area contributed by atoms with Crippen molar-refractivity contribution in [2.24, 2.45) is 0 Å². The molecule has 2 aliphatic heterocycles. The van der Waals surface area contributed by atoms with Gasteiger partial charge in [-0.1, -0.05) is 33.3 Å². The highest BCUT2D eigenvalue weighted by molar-refractivity contribution is 9.10. The van der Waals surface area contributed by atoms with Gasteiger partial charge in [0, 0.05) is 36.5 Å². The van der Waals surface area contributed by atoms with Gasteiger partial charge in [0.1, 0.15) is 0 Å². The van der Waals surface area contributed by atoms with Crippen LogP contribution in [0.25, 0.3) is 0 Å². The second-order valence-corrected chi connectivity index (χ2v) is 9.79. The van der Waals surface area contributed by atoms with Crippen molar-refractivity contribution in [3.05, 3.63) is 32.7 Å². The van der Waals surface area contributed by atoms with Crippen LogP contribution in [0, 0.1) is 3.95 Å². The molecular weight excluding hydrogens is 460 g/mol. The molecule has 28 heavy (non-hydrogen) atoms. The summed E-state index contributed by atoms with van der Waals surface area (Å²) in [4.78, 5) is 2.38. The smallest absolute Gasteiger partial charge is 0.209 e. The molecule has 0 bridgehead atoms. The third kappa shape index (κ3) is 5.61. The second-order valence-electron chi connectivity index (χ2n) is 7.26. The molecule has 6 nitrogen and oxygen atoms in total. The number of aromatic nitrogens is 2. The molecule has 9 heteroatoms. The normalized spacial score (nSPS) is 22.2. The average molecular weight is 485 g/mol. The molecule has 0 amide bonds. The summed E-state index contributed by atoms with van der Waals surface area (Å²) in [6, 6.07) is 8.03. The maximum atomic E-state index is 5.86. The van der Waals surface area contributed by atoms with Crippen molar-refractivity contribution < 1.29 is 9.47 Å². The molecule has 2 atom stereocenters. The van der Waals surface area contributed by atoms with Crippen LogP contribution in [0.1, 0.15) is 25.7 Å². The number of hydrogen-bond acceptors (Lipinski definition) is 7. The van der Waals surface area contributed by atoms with Crippen LogP contribution in [0.2, 0.25) is 0 Å². The van der Waals surface area contributed by atoms with E-state index < -0.39 is 0 Å². The van der Waals surface area contributed by atoms with E-state index in [2.05, 4.69) is 26.1 Å². The van der Waals surface area contributed by atoms with Crippen molar-refractivity contribution in [2.75, 3.05) is 31.6 Å². The summed E-state index contributed by atoms with van der Waals surface area (Å²) in [7, 11) is 0. The predicted molar refractivity (Wildman–Crippen MR) is 118 cm³/mol. The van der Waals surface area contributed by atoms with Crippen molar-refractivity contribution in [3.8, 4) is 0 Å². The zero-order valence-corrected chi connectivity index (χ0v) is 18.9. The molecule has 0 radical (unpaired) electrons. The SMILES string of the molecule is S=c1sc(Nc2cccc(Br)c2)nn1CN(C[C@@H]1CCCO1)C[C@@H]1CCCO1. The standard InChI is InChI=1S/C19H25BrN4O2S2/c20-14-4-1-5-15(10-14)21-18-22-24(19(27)28-18)13-23(11-16-6-2-8-25-16)12-17-7-3-9-26-17/h1,4-5,10,16-17H,2-3,6-9,11-13H2,(H,21,22)/t16-,17-/m0/s1. The van der Waals surface area contributed by atoms with Gasteiger partial charge in [-0.05, 0) is 56.1 Å². The number of hydrogen-bond donors (Lipinski definition) is 1. The van der Waals surface area contributed by atoms with Crippen LogP contribution < -0.4 is 5.32 Å². The van der Waals surface area contributed by atoms with Gasteiger partial charge in [-0.25, -0.2) is 4.68 Å². The van der Waals surface area contributed by atoms with Crippen LogP contribution >= 0.6 is 39.5 Å². The van der Waals surface area contributed by atoms with E-state index in [4.69, 9.17) is 26.8 Å². The maximum Gasteiger partial charge on any atom is 0.209 e. The summed E-state index contributed by atoms with van der Waals surface area (Å²) in [6.07, 6.45) is 5.15. The first-order chi connectivity index (χ1) is 13.7. The van der Waals surface area contributed by atoms with E-state index in [0.29, 0.717) is 18.9 Å². The molecule has 1 N–H and O–H groups in total. The molecule has 2 saturated heterocycles. The van der Waals surface area contributed by atoms with Crippen LogP contribution in [0.3, 0.4) is 0 Å². The van der Waals surface area contributed by atoms with E-state index in [1.165, 1.54) is 11.3 Å².